The van der Waals surface area contributed by atoms with E-state index in [1.54, 1.807) is 0 Å². The number of hydrogen-bond acceptors (Lipinski definition) is 0. The largest absolute Gasteiger partial charge is 0.344 e. The van der Waals surface area contributed by atoms with Gasteiger partial charge in [0.25, 0.3) is 0 Å². The predicted molar refractivity (Wildman–Crippen MR) is 460 cm³/mol. The lowest BCUT2D eigenvalue weighted by Crippen LogP contribution is -1.87. The van der Waals surface area contributed by atoms with Gasteiger partial charge in [-0.1, -0.05) is 321 Å². The van der Waals surface area contributed by atoms with Gasteiger partial charge in [0.15, 0.2) is 0 Å². The second-order valence-electron chi connectivity index (χ2n) is 23.9. The van der Waals surface area contributed by atoms with Gasteiger partial charge in [-0.05, 0) is 115 Å². The molecule has 0 fully saturated rings. The van der Waals surface area contributed by atoms with Crippen LogP contribution in [0.5, 0.6) is 0 Å². The smallest absolute Gasteiger partial charge is 0.0568 e. The predicted octanol–water partition coefficient (Wildman–Crippen LogP) is 28.8. The SMILES string of the molecule is C.C.CC.CC.CC.CC.CC.Cn1c2ccccc2c2c3ccccc3ccc21.Cn1c2ccccc2c2c3ccccc3ccc21.Cn1c2ccccc2c2cc3ccccc3cc21.Cn1c2ccccc2c2cc3ccccc3cc21.Cn1c2ccccc2c2ccc3ccccc3c21. The second-order valence-corrected chi connectivity index (χ2v) is 23.9. The van der Waals surface area contributed by atoms with Crippen LogP contribution < -0.4 is 0 Å². The molecular weight excluding hydrogens is 1240 g/mol. The molecule has 0 N–H and O–H groups in total. The van der Waals surface area contributed by atoms with E-state index in [0.29, 0.717) is 0 Å². The molecule has 102 heavy (non-hydrogen) atoms. The van der Waals surface area contributed by atoms with Crippen LogP contribution in [0.25, 0.3) is 163 Å². The van der Waals surface area contributed by atoms with E-state index in [1.807, 2.05) is 69.2 Å². The van der Waals surface area contributed by atoms with E-state index in [-0.39, 0.29) is 14.9 Å². The maximum atomic E-state index is 2.30. The molecule has 0 amide bonds. The fourth-order valence-electron chi connectivity index (χ4n) is 14.5. The summed E-state index contributed by atoms with van der Waals surface area (Å²) in [5.41, 5.74) is 13.0. The summed E-state index contributed by atoms with van der Waals surface area (Å²) in [6.07, 6.45) is 0. The Morgan fingerprint density at radius 1 is 0.157 bits per heavy atom. The first-order valence-electron chi connectivity index (χ1n) is 36.0. The Labute approximate surface area is 604 Å². The normalized spacial score (nSPS) is 10.5. The van der Waals surface area contributed by atoms with Gasteiger partial charge < -0.3 is 22.8 Å². The van der Waals surface area contributed by atoms with Crippen molar-refractivity contribution >= 4 is 163 Å². The maximum absolute atomic E-state index is 2.30. The highest BCUT2D eigenvalue weighted by Crippen LogP contribution is 2.38. The van der Waals surface area contributed by atoms with Crippen molar-refractivity contribution in [3.05, 3.63) is 303 Å². The lowest BCUT2D eigenvalue weighted by molar-refractivity contribution is 1.01. The van der Waals surface area contributed by atoms with E-state index in [4.69, 9.17) is 0 Å². The van der Waals surface area contributed by atoms with Gasteiger partial charge in [0.1, 0.15) is 0 Å². The number of rotatable bonds is 0. The third-order valence-corrected chi connectivity index (χ3v) is 19.0. The molecule has 0 bridgehead atoms. The molecule has 0 atom stereocenters. The molecule has 0 aliphatic rings. The molecule has 5 nitrogen and oxygen atoms in total. The van der Waals surface area contributed by atoms with Crippen molar-refractivity contribution in [2.75, 3.05) is 0 Å². The average Bonchev–Trinajstić information content (AvgIpc) is 1.64. The molecule has 15 aromatic carbocycles. The van der Waals surface area contributed by atoms with Crippen LogP contribution >= 0.6 is 0 Å². The summed E-state index contributed by atoms with van der Waals surface area (Å²) in [6.45, 7) is 20.0. The van der Waals surface area contributed by atoms with Crippen LogP contribution in [0.4, 0.5) is 0 Å². The fraction of sp³-hybridized carbons (Fsp3) is 0.175. The molecule has 0 saturated heterocycles. The van der Waals surface area contributed by atoms with Crippen molar-refractivity contribution in [2.24, 2.45) is 35.2 Å². The molecule has 516 valence electrons. The van der Waals surface area contributed by atoms with Gasteiger partial charge in [0.2, 0.25) is 0 Å². The Morgan fingerprint density at radius 2 is 0.392 bits per heavy atom. The Bertz CT molecular complexity index is 5820. The minimum absolute atomic E-state index is 0. The van der Waals surface area contributed by atoms with Gasteiger partial charge in [-0.2, -0.15) is 0 Å². The number of benzene rings is 15. The number of nitrogens with zero attached hydrogens (tertiary/aromatic N) is 5. The number of hydrogen-bond donors (Lipinski definition) is 0. The van der Waals surface area contributed by atoms with Gasteiger partial charge in [-0.15, -0.1) is 0 Å². The van der Waals surface area contributed by atoms with E-state index in [9.17, 15) is 0 Å². The summed E-state index contributed by atoms with van der Waals surface area (Å²) in [5.74, 6) is 0. The summed E-state index contributed by atoms with van der Waals surface area (Å²) in [4.78, 5) is 0. The zero-order valence-electron chi connectivity index (χ0n) is 61.1. The standard InChI is InChI=1S/5C17H13N.5C2H6.2CH4/c2*1-18-16-9-5-4-8-14(16)15-10-12-6-2-3-7-13(12)11-17(15)18;1-18-16-9-5-4-8-14(16)15-11-10-12-6-2-3-7-13(12)17(15)18;2*1-18-15-9-5-4-8-14(15)17-13-7-3-2-6-12(13)10-11-16(17)18;5*1-2;;/h5*2-11H,1H3;5*1-2H3;2*1H4. The molecule has 0 aliphatic carbocycles. The van der Waals surface area contributed by atoms with E-state index in [0.717, 1.165) is 0 Å². The Morgan fingerprint density at radius 3 is 0.755 bits per heavy atom. The number of fused-ring (bicyclic) bond motifs is 23. The molecule has 0 radical (unpaired) electrons. The van der Waals surface area contributed by atoms with Gasteiger partial charge in [0.05, 0.1) is 5.52 Å². The Balaban J connectivity index is 0.000000143. The molecule has 0 aliphatic heterocycles. The topological polar surface area (TPSA) is 24.6 Å². The summed E-state index contributed by atoms with van der Waals surface area (Å²) in [7, 11) is 10.7. The first-order valence-corrected chi connectivity index (χ1v) is 36.0. The van der Waals surface area contributed by atoms with Gasteiger partial charge in [0, 0.05) is 144 Å². The van der Waals surface area contributed by atoms with Crippen LogP contribution in [0.2, 0.25) is 0 Å². The monoisotopic (exact) mass is 1340 g/mol. The quantitative estimate of drug-likeness (QED) is 0.145. The molecule has 5 aromatic heterocycles. The maximum Gasteiger partial charge on any atom is 0.0568 e. The lowest BCUT2D eigenvalue weighted by atomic mass is 10.0. The van der Waals surface area contributed by atoms with Gasteiger partial charge in [-0.25, -0.2) is 0 Å². The summed E-state index contributed by atoms with van der Waals surface area (Å²) in [5, 5.41) is 26.6. The zero-order chi connectivity index (χ0) is 70.6. The van der Waals surface area contributed by atoms with E-state index in [1.165, 1.54) is 163 Å². The summed E-state index contributed by atoms with van der Waals surface area (Å²) in [6, 6.07) is 108. The highest BCUT2D eigenvalue weighted by atomic mass is 15.0. The van der Waals surface area contributed by atoms with E-state index < -0.39 is 0 Å². The highest BCUT2D eigenvalue weighted by molar-refractivity contribution is 6.23. The molecule has 0 spiro atoms. The number of para-hydroxylation sites is 5. The lowest BCUT2D eigenvalue weighted by Gasteiger charge is -2.02. The van der Waals surface area contributed by atoms with Crippen LogP contribution in [0, 0.1) is 0 Å². The molecule has 0 saturated carbocycles. The second kappa shape index (κ2) is 34.1. The number of aromatic nitrogens is 5. The molecule has 0 unspecified atom stereocenters. The van der Waals surface area contributed by atoms with Crippen molar-refractivity contribution in [3.63, 3.8) is 0 Å². The first kappa shape index (κ1) is 74.8. The molecule has 20 rings (SSSR count). The Kier molecular flexibility index (Phi) is 25.0. The molecular formula is C97H103N5. The molecule has 5 heterocycles. The minimum Gasteiger partial charge on any atom is -0.344 e. The van der Waals surface area contributed by atoms with Crippen molar-refractivity contribution < 1.29 is 0 Å². The van der Waals surface area contributed by atoms with Crippen molar-refractivity contribution in [1.29, 1.82) is 0 Å². The molecule has 20 aromatic rings. The highest BCUT2D eigenvalue weighted by Gasteiger charge is 2.15. The van der Waals surface area contributed by atoms with Crippen LogP contribution in [-0.4, -0.2) is 22.8 Å². The fourth-order valence-corrected chi connectivity index (χ4v) is 14.5. The van der Waals surface area contributed by atoms with E-state index >= 15 is 0 Å². The van der Waals surface area contributed by atoms with Crippen molar-refractivity contribution in [2.45, 2.75) is 84.1 Å². The zero-order valence-corrected chi connectivity index (χ0v) is 61.1. The van der Waals surface area contributed by atoms with Gasteiger partial charge in [-0.3, -0.25) is 0 Å². The van der Waals surface area contributed by atoms with Gasteiger partial charge >= 0.3 is 0 Å². The van der Waals surface area contributed by atoms with Crippen LogP contribution in [0.1, 0.15) is 84.1 Å². The third kappa shape index (κ3) is 13.8. The van der Waals surface area contributed by atoms with Crippen LogP contribution in [0.15, 0.2) is 303 Å². The van der Waals surface area contributed by atoms with Crippen LogP contribution in [-0.2, 0) is 35.2 Å². The number of aryl methyl sites for hydroxylation is 5. The first-order chi connectivity index (χ1) is 49.3. The van der Waals surface area contributed by atoms with Crippen molar-refractivity contribution in [3.8, 4) is 0 Å². The Hall–Kier alpha value is -11.4. The van der Waals surface area contributed by atoms with Crippen LogP contribution in [0.3, 0.4) is 0 Å². The summed E-state index contributed by atoms with van der Waals surface area (Å²) >= 11 is 0. The average molecular weight is 1340 g/mol. The molecule has 5 heteroatoms. The summed E-state index contributed by atoms with van der Waals surface area (Å²) < 4.78 is 11.4. The third-order valence-electron chi connectivity index (χ3n) is 19.0. The van der Waals surface area contributed by atoms with E-state index in [2.05, 4.69) is 361 Å². The van der Waals surface area contributed by atoms with Crippen molar-refractivity contribution in [1.82, 2.24) is 22.8 Å². The minimum atomic E-state index is 0.